The van der Waals surface area contributed by atoms with Crippen LogP contribution in [0.4, 0.5) is 5.69 Å². The standard InChI is InChI=1S/C26H24N2O6/c1-15(2)19-8-4-6-16(3)23(19)27-22(29)14-34-26(32)17-9-10-20-21(12-17)25(31)28(24(20)30)13-18-7-5-11-33-18/h4-12,15H,13-14H2,1-3H3,(H,27,29). The first kappa shape index (κ1) is 23.0. The molecule has 1 aliphatic heterocycles. The van der Waals surface area contributed by atoms with Crippen molar-refractivity contribution in [3.63, 3.8) is 0 Å². The third-order valence-electron chi connectivity index (χ3n) is 5.63. The van der Waals surface area contributed by atoms with E-state index in [0.29, 0.717) is 11.4 Å². The van der Waals surface area contributed by atoms with Crippen LogP contribution in [0.1, 0.15) is 67.7 Å². The van der Waals surface area contributed by atoms with Crippen LogP contribution in [0.25, 0.3) is 0 Å². The maximum Gasteiger partial charge on any atom is 0.338 e. The van der Waals surface area contributed by atoms with Crippen LogP contribution >= 0.6 is 0 Å². The number of benzene rings is 2. The molecule has 0 saturated heterocycles. The van der Waals surface area contributed by atoms with Gasteiger partial charge in [-0.25, -0.2) is 4.79 Å². The Morgan fingerprint density at radius 1 is 1.03 bits per heavy atom. The predicted octanol–water partition coefficient (Wildman–Crippen LogP) is 4.30. The van der Waals surface area contributed by atoms with E-state index in [2.05, 4.69) is 5.32 Å². The monoisotopic (exact) mass is 460 g/mol. The third kappa shape index (κ3) is 4.47. The summed E-state index contributed by atoms with van der Waals surface area (Å²) in [4.78, 5) is 51.4. The van der Waals surface area contributed by atoms with Gasteiger partial charge in [-0.1, -0.05) is 32.0 Å². The number of ether oxygens (including phenoxy) is 1. The normalized spacial score (nSPS) is 12.8. The van der Waals surface area contributed by atoms with Crippen molar-refractivity contribution in [1.29, 1.82) is 0 Å². The highest BCUT2D eigenvalue weighted by Crippen LogP contribution is 2.28. The lowest BCUT2D eigenvalue weighted by molar-refractivity contribution is -0.119. The van der Waals surface area contributed by atoms with Crippen LogP contribution in [0.15, 0.2) is 59.2 Å². The van der Waals surface area contributed by atoms with Gasteiger partial charge in [-0.3, -0.25) is 19.3 Å². The number of furan rings is 1. The molecule has 2 aromatic carbocycles. The number of fused-ring (bicyclic) bond motifs is 1. The molecule has 34 heavy (non-hydrogen) atoms. The van der Waals surface area contributed by atoms with Crippen LogP contribution in [0.3, 0.4) is 0 Å². The minimum atomic E-state index is -0.767. The van der Waals surface area contributed by atoms with Crippen LogP contribution in [0.2, 0.25) is 0 Å². The molecular weight excluding hydrogens is 436 g/mol. The van der Waals surface area contributed by atoms with E-state index in [1.54, 1.807) is 12.1 Å². The zero-order valence-corrected chi connectivity index (χ0v) is 19.1. The van der Waals surface area contributed by atoms with Crippen LogP contribution in [-0.4, -0.2) is 35.2 Å². The SMILES string of the molecule is Cc1cccc(C(C)C)c1NC(=O)COC(=O)c1ccc2c(c1)C(=O)N(Cc1ccco1)C2=O. The van der Waals surface area contributed by atoms with Crippen molar-refractivity contribution in [1.82, 2.24) is 4.90 Å². The number of imide groups is 1. The molecule has 174 valence electrons. The fourth-order valence-electron chi connectivity index (χ4n) is 3.85. The summed E-state index contributed by atoms with van der Waals surface area (Å²) in [7, 11) is 0. The van der Waals surface area contributed by atoms with E-state index < -0.39 is 30.3 Å². The lowest BCUT2D eigenvalue weighted by Gasteiger charge is -2.16. The number of hydrogen-bond acceptors (Lipinski definition) is 6. The first-order chi connectivity index (χ1) is 16.3. The average Bonchev–Trinajstić information content (AvgIpc) is 3.41. The van der Waals surface area contributed by atoms with Crippen molar-refractivity contribution in [3.8, 4) is 0 Å². The predicted molar refractivity (Wildman–Crippen MR) is 124 cm³/mol. The molecule has 8 nitrogen and oxygen atoms in total. The van der Waals surface area contributed by atoms with Crippen LogP contribution in [0.5, 0.6) is 0 Å². The second-order valence-corrected chi connectivity index (χ2v) is 8.35. The largest absolute Gasteiger partial charge is 0.467 e. The second kappa shape index (κ2) is 9.35. The average molecular weight is 460 g/mol. The van der Waals surface area contributed by atoms with Gasteiger partial charge in [0.1, 0.15) is 5.76 Å². The lowest BCUT2D eigenvalue weighted by Crippen LogP contribution is -2.28. The van der Waals surface area contributed by atoms with Crippen molar-refractivity contribution in [2.75, 3.05) is 11.9 Å². The summed E-state index contributed by atoms with van der Waals surface area (Å²) in [6, 6.07) is 13.2. The van der Waals surface area contributed by atoms with Crippen molar-refractivity contribution in [2.45, 2.75) is 33.2 Å². The molecule has 1 N–H and O–H groups in total. The molecule has 0 saturated carbocycles. The van der Waals surface area contributed by atoms with Gasteiger partial charge in [-0.2, -0.15) is 0 Å². The number of amides is 3. The number of esters is 1. The van der Waals surface area contributed by atoms with E-state index in [1.807, 2.05) is 39.0 Å². The fourth-order valence-corrected chi connectivity index (χ4v) is 3.85. The van der Waals surface area contributed by atoms with Gasteiger partial charge in [0.2, 0.25) is 0 Å². The van der Waals surface area contributed by atoms with Gasteiger partial charge in [0.15, 0.2) is 6.61 Å². The highest BCUT2D eigenvalue weighted by atomic mass is 16.5. The van der Waals surface area contributed by atoms with Crippen LogP contribution < -0.4 is 5.32 Å². The number of anilines is 1. The molecule has 2 heterocycles. The molecule has 8 heteroatoms. The molecule has 0 fully saturated rings. The summed E-state index contributed by atoms with van der Waals surface area (Å²) in [6.45, 7) is 5.46. The smallest absolute Gasteiger partial charge is 0.338 e. The minimum Gasteiger partial charge on any atom is -0.467 e. The van der Waals surface area contributed by atoms with Crippen molar-refractivity contribution in [2.24, 2.45) is 0 Å². The molecule has 0 atom stereocenters. The summed E-state index contributed by atoms with van der Waals surface area (Å²) in [5.41, 5.74) is 2.99. The molecule has 3 aromatic rings. The molecule has 0 radical (unpaired) electrons. The Balaban J connectivity index is 1.42. The first-order valence-electron chi connectivity index (χ1n) is 10.9. The van der Waals surface area contributed by atoms with Crippen LogP contribution in [0, 0.1) is 6.92 Å². The molecular formula is C26H24N2O6. The van der Waals surface area contributed by atoms with E-state index in [-0.39, 0.29) is 29.2 Å². The zero-order valence-electron chi connectivity index (χ0n) is 19.1. The summed E-state index contributed by atoms with van der Waals surface area (Å²) >= 11 is 0. The summed E-state index contributed by atoms with van der Waals surface area (Å²) < 4.78 is 10.4. The molecule has 0 unspecified atom stereocenters. The van der Waals surface area contributed by atoms with Gasteiger partial charge in [0.05, 0.1) is 29.5 Å². The van der Waals surface area contributed by atoms with Gasteiger partial charge in [-0.05, 0) is 54.3 Å². The van der Waals surface area contributed by atoms with Gasteiger partial charge in [0, 0.05) is 5.69 Å². The van der Waals surface area contributed by atoms with E-state index in [0.717, 1.165) is 16.0 Å². The number of carbonyl (C=O) groups is 4. The molecule has 1 aliphatic rings. The highest BCUT2D eigenvalue weighted by molar-refractivity contribution is 6.21. The minimum absolute atomic E-state index is 0.00341. The van der Waals surface area contributed by atoms with E-state index >= 15 is 0 Å². The fraction of sp³-hybridized carbons (Fsp3) is 0.231. The summed E-state index contributed by atoms with van der Waals surface area (Å²) in [6.07, 6.45) is 1.46. The number of aryl methyl sites for hydroxylation is 1. The van der Waals surface area contributed by atoms with Crippen molar-refractivity contribution < 1.29 is 28.3 Å². The molecule has 3 amide bonds. The lowest BCUT2D eigenvalue weighted by atomic mass is 9.98. The summed E-state index contributed by atoms with van der Waals surface area (Å²) in [5, 5.41) is 2.82. The molecule has 1 aromatic heterocycles. The first-order valence-corrected chi connectivity index (χ1v) is 10.9. The molecule has 0 aliphatic carbocycles. The Morgan fingerprint density at radius 3 is 2.50 bits per heavy atom. The van der Waals surface area contributed by atoms with Crippen molar-refractivity contribution >= 4 is 29.4 Å². The molecule has 4 rings (SSSR count). The third-order valence-corrected chi connectivity index (χ3v) is 5.63. The van der Waals surface area contributed by atoms with Crippen molar-refractivity contribution in [3.05, 3.63) is 88.4 Å². The van der Waals surface area contributed by atoms with E-state index in [1.165, 1.54) is 24.5 Å². The topological polar surface area (TPSA) is 106 Å². The number of carbonyl (C=O) groups excluding carboxylic acids is 4. The number of para-hydroxylation sites is 1. The number of nitrogens with one attached hydrogen (secondary N) is 1. The van der Waals surface area contributed by atoms with E-state index in [4.69, 9.17) is 9.15 Å². The number of rotatable bonds is 7. The quantitative estimate of drug-likeness (QED) is 0.416. The second-order valence-electron chi connectivity index (χ2n) is 8.35. The molecule has 0 bridgehead atoms. The maximum atomic E-state index is 12.7. The number of hydrogen-bond donors (Lipinski definition) is 1. The maximum absolute atomic E-state index is 12.7. The van der Waals surface area contributed by atoms with Gasteiger partial charge in [0.25, 0.3) is 17.7 Å². The Hall–Kier alpha value is -4.20. The zero-order chi connectivity index (χ0) is 24.4. The van der Waals surface area contributed by atoms with Gasteiger partial charge < -0.3 is 14.5 Å². The van der Waals surface area contributed by atoms with Gasteiger partial charge >= 0.3 is 5.97 Å². The Morgan fingerprint density at radius 2 is 1.79 bits per heavy atom. The Bertz CT molecular complexity index is 1280. The van der Waals surface area contributed by atoms with Gasteiger partial charge in [-0.15, -0.1) is 0 Å². The van der Waals surface area contributed by atoms with Crippen LogP contribution in [-0.2, 0) is 16.1 Å². The van der Waals surface area contributed by atoms with E-state index in [9.17, 15) is 19.2 Å². The molecule has 0 spiro atoms. The Labute approximate surface area is 196 Å². The summed E-state index contributed by atoms with van der Waals surface area (Å²) in [5.74, 6) is -1.55. The highest BCUT2D eigenvalue weighted by Gasteiger charge is 2.36. The number of nitrogens with zero attached hydrogens (tertiary/aromatic N) is 1. The Kier molecular flexibility index (Phi) is 6.32.